The van der Waals surface area contributed by atoms with E-state index in [1.54, 1.807) is 81.1 Å². The van der Waals surface area contributed by atoms with Crippen LogP contribution in [0.25, 0.3) is 32.2 Å². The highest BCUT2D eigenvalue weighted by Crippen LogP contribution is 2.42. The molecule has 14 nitrogen and oxygen atoms in total. The number of hydrogen-bond acceptors (Lipinski definition) is 12. The topological polar surface area (TPSA) is 172 Å². The second kappa shape index (κ2) is 21.3. The Hall–Kier alpha value is -7.68. The molecule has 17 heteroatoms. The van der Waals surface area contributed by atoms with Crippen molar-refractivity contribution in [2.24, 2.45) is 0 Å². The van der Waals surface area contributed by atoms with E-state index in [-0.39, 0.29) is 48.0 Å². The largest absolute Gasteiger partial charge is 0.493 e. The molecule has 4 aromatic carbocycles. The van der Waals surface area contributed by atoms with Gasteiger partial charge in [0, 0.05) is 75.3 Å². The van der Waals surface area contributed by atoms with Crippen molar-refractivity contribution in [1.29, 1.82) is 0 Å². The summed E-state index contributed by atoms with van der Waals surface area (Å²) in [4.78, 5) is 60.8. The number of benzene rings is 4. The summed E-state index contributed by atoms with van der Waals surface area (Å²) in [5.74, 6) is 5.45. The van der Waals surface area contributed by atoms with Crippen LogP contribution in [0.4, 0.5) is 10.2 Å². The highest BCUT2D eigenvalue weighted by atomic mass is 32.1. The number of para-hydroxylation sites is 1. The molecule has 0 spiro atoms. The average molecular weight is 954 g/mol. The maximum absolute atomic E-state index is 15.0. The van der Waals surface area contributed by atoms with Crippen LogP contribution in [0.1, 0.15) is 81.2 Å². The molecule has 0 aliphatic carbocycles. The molecule has 68 heavy (non-hydrogen) atoms. The molecule has 1 atom stereocenters. The highest BCUT2D eigenvalue weighted by Gasteiger charge is 2.32. The number of rotatable bonds is 11. The SMILES string of the molecule is CC.COc1cc2sc3c(c2cc1OC)CN(CCC(=O)OCc1cc(C#Cc2cccc4cc(C(C)NC(=O)c5c(N)nn6cccnc56)n(-c5ccccc5)c(=O)c24)ccc1F)C3=O.CS. The van der Waals surface area contributed by atoms with Gasteiger partial charge in [0.1, 0.15) is 18.0 Å². The van der Waals surface area contributed by atoms with Gasteiger partial charge in [0.25, 0.3) is 17.4 Å². The summed E-state index contributed by atoms with van der Waals surface area (Å²) in [6.07, 6.45) is 4.79. The van der Waals surface area contributed by atoms with Crippen LogP contribution in [-0.2, 0) is 22.7 Å². The van der Waals surface area contributed by atoms with Gasteiger partial charge in [0.2, 0.25) is 0 Å². The summed E-state index contributed by atoms with van der Waals surface area (Å²) >= 11 is 4.89. The van der Waals surface area contributed by atoms with Crippen molar-refractivity contribution in [2.45, 2.75) is 46.4 Å². The molecule has 0 saturated heterocycles. The Morgan fingerprint density at radius 1 is 0.956 bits per heavy atom. The molecule has 4 aromatic heterocycles. The molecule has 5 heterocycles. The third kappa shape index (κ3) is 9.59. The van der Waals surface area contributed by atoms with Crippen molar-refractivity contribution in [3.05, 3.63) is 158 Å². The van der Waals surface area contributed by atoms with Crippen molar-refractivity contribution in [3.63, 3.8) is 0 Å². The minimum Gasteiger partial charge on any atom is -0.493 e. The number of nitrogen functional groups attached to an aromatic ring is 1. The second-order valence-electron chi connectivity index (χ2n) is 15.0. The smallest absolute Gasteiger partial charge is 0.307 e. The van der Waals surface area contributed by atoms with Gasteiger partial charge in [-0.2, -0.15) is 12.6 Å². The zero-order valence-electron chi connectivity index (χ0n) is 38.1. The van der Waals surface area contributed by atoms with Gasteiger partial charge in [-0.05, 0) is 73.2 Å². The van der Waals surface area contributed by atoms with Crippen LogP contribution in [0, 0.1) is 17.7 Å². The fraction of sp³-hybridized carbons (Fsp3) is 0.216. The first kappa shape index (κ1) is 48.3. The number of fused-ring (bicyclic) bond motifs is 5. The number of amides is 2. The molecular weight excluding hydrogens is 906 g/mol. The van der Waals surface area contributed by atoms with Gasteiger partial charge < -0.3 is 30.2 Å². The molecule has 0 saturated carbocycles. The normalized spacial score (nSPS) is 12.0. The lowest BCUT2D eigenvalue weighted by atomic mass is 10.0. The van der Waals surface area contributed by atoms with Gasteiger partial charge in [-0.15, -0.1) is 16.4 Å². The standard InChI is InChI=1S/C48H38FN7O7S.C2H6.CH4S/c1-27(52-46(58)42-44(50)53-55-19-8-18-51-45(42)55)36-22-30-10-7-9-29(41(30)47(59)56(36)32-11-5-4-6-12-32)15-13-28-14-16-35(49)31(21-28)26-63-40(57)17-20-54-25-34-33-23-37(61-2)38(62-3)24-39(33)64-43(34)48(54)60;2*1-2/h4-12,14,16,18-19,21-24,27H,17,20,25-26H2,1-3H3,(H2,50,53)(H,52,58);1-2H3;2H,1H3. The first-order chi connectivity index (χ1) is 33.0. The van der Waals surface area contributed by atoms with E-state index in [0.717, 1.165) is 15.6 Å². The van der Waals surface area contributed by atoms with Crippen molar-refractivity contribution < 1.29 is 33.0 Å². The van der Waals surface area contributed by atoms with Crippen molar-refractivity contribution >= 4 is 74.1 Å². The summed E-state index contributed by atoms with van der Waals surface area (Å²) in [5, 5.41) is 8.99. The van der Waals surface area contributed by atoms with Crippen LogP contribution < -0.4 is 26.1 Å². The monoisotopic (exact) mass is 953 g/mol. The molecule has 1 unspecified atom stereocenters. The minimum absolute atomic E-state index is 0.0169. The molecule has 1 aliphatic rings. The lowest BCUT2D eigenvalue weighted by molar-refractivity contribution is -0.145. The quantitative estimate of drug-likeness (QED) is 0.0648. The number of methoxy groups -OCH3 is 2. The first-order valence-corrected chi connectivity index (χ1v) is 23.2. The molecule has 9 rings (SSSR count). The third-order valence-corrected chi connectivity index (χ3v) is 12.2. The predicted octanol–water partition coefficient (Wildman–Crippen LogP) is 8.54. The zero-order chi connectivity index (χ0) is 48.6. The number of nitrogens with one attached hydrogen (secondary N) is 1. The van der Waals surface area contributed by atoms with Crippen LogP contribution in [0.5, 0.6) is 11.5 Å². The molecule has 8 aromatic rings. The lowest BCUT2D eigenvalue weighted by Gasteiger charge is -2.21. The van der Waals surface area contributed by atoms with Crippen molar-refractivity contribution in [3.8, 4) is 29.0 Å². The molecular formula is C51H48FN7O7S2. The summed E-state index contributed by atoms with van der Waals surface area (Å²) in [6.45, 7) is 5.89. The van der Waals surface area contributed by atoms with Crippen molar-refractivity contribution in [1.82, 2.24) is 29.4 Å². The number of carbonyl (C=O) groups excluding carboxylic acids is 3. The number of nitrogens with zero attached hydrogens (tertiary/aromatic N) is 5. The number of thiol groups is 1. The second-order valence-corrected chi connectivity index (χ2v) is 16.0. The van der Waals surface area contributed by atoms with Gasteiger partial charge in [0.15, 0.2) is 23.0 Å². The number of halogens is 1. The Kier molecular flexibility index (Phi) is 15.1. The Labute approximate surface area is 400 Å². The van der Waals surface area contributed by atoms with E-state index in [0.29, 0.717) is 61.8 Å². The number of aromatic nitrogens is 4. The molecule has 0 bridgehead atoms. The summed E-state index contributed by atoms with van der Waals surface area (Å²) in [5.41, 5.74) is 9.09. The lowest BCUT2D eigenvalue weighted by Crippen LogP contribution is -2.32. The summed E-state index contributed by atoms with van der Waals surface area (Å²) in [7, 11) is 3.11. The van der Waals surface area contributed by atoms with E-state index in [2.05, 4.69) is 39.9 Å². The van der Waals surface area contributed by atoms with E-state index in [1.165, 1.54) is 38.6 Å². The summed E-state index contributed by atoms with van der Waals surface area (Å²) < 4.78 is 35.2. The third-order valence-electron chi connectivity index (χ3n) is 11.0. The number of anilines is 1. The van der Waals surface area contributed by atoms with E-state index >= 15 is 4.39 Å². The highest BCUT2D eigenvalue weighted by molar-refractivity contribution is 7.79. The van der Waals surface area contributed by atoms with Crippen LogP contribution in [0.3, 0.4) is 0 Å². The van der Waals surface area contributed by atoms with Gasteiger partial charge in [-0.1, -0.05) is 56.0 Å². The fourth-order valence-electron chi connectivity index (χ4n) is 7.86. The maximum Gasteiger partial charge on any atom is 0.307 e. The van der Waals surface area contributed by atoms with Gasteiger partial charge >= 0.3 is 5.97 Å². The summed E-state index contributed by atoms with van der Waals surface area (Å²) in [6, 6.07) is 25.1. The Balaban J connectivity index is 0.00000167. The predicted molar refractivity (Wildman–Crippen MR) is 266 cm³/mol. The molecule has 348 valence electrons. The average Bonchev–Trinajstić information content (AvgIpc) is 4.01. The number of nitrogens with two attached hydrogens (primary N) is 1. The zero-order valence-corrected chi connectivity index (χ0v) is 39.8. The van der Waals surface area contributed by atoms with E-state index in [1.807, 2.05) is 50.2 Å². The number of ether oxygens (including phenoxy) is 3. The molecule has 1 aliphatic heterocycles. The van der Waals surface area contributed by atoms with E-state index in [9.17, 15) is 19.2 Å². The number of hydrogen-bond donors (Lipinski definition) is 3. The van der Waals surface area contributed by atoms with Gasteiger partial charge in [-0.3, -0.25) is 23.7 Å². The molecule has 3 N–H and O–H groups in total. The minimum atomic E-state index is -0.683. The maximum atomic E-state index is 15.0. The van der Waals surface area contributed by atoms with Gasteiger partial charge in [0.05, 0.1) is 36.9 Å². The van der Waals surface area contributed by atoms with Crippen LogP contribution in [0.2, 0.25) is 0 Å². The Morgan fingerprint density at radius 2 is 1.71 bits per heavy atom. The van der Waals surface area contributed by atoms with Crippen molar-refractivity contribution in [2.75, 3.05) is 32.8 Å². The van der Waals surface area contributed by atoms with Crippen LogP contribution in [-0.4, -0.2) is 68.9 Å². The number of pyridine rings is 1. The number of thiophene rings is 1. The Morgan fingerprint density at radius 3 is 2.46 bits per heavy atom. The Bertz CT molecular complexity index is 3320. The number of carbonyl (C=O) groups is 3. The first-order valence-electron chi connectivity index (χ1n) is 21.5. The molecule has 2 amide bonds. The molecule has 0 fully saturated rings. The van der Waals surface area contributed by atoms with Crippen LogP contribution >= 0.6 is 24.0 Å². The van der Waals surface area contributed by atoms with E-state index in [4.69, 9.17) is 19.9 Å². The van der Waals surface area contributed by atoms with Gasteiger partial charge in [-0.25, -0.2) is 13.9 Å². The van der Waals surface area contributed by atoms with E-state index < -0.39 is 23.7 Å². The fourth-order valence-corrected chi connectivity index (χ4v) is 9.06. The number of esters is 1. The molecule has 0 radical (unpaired) electrons. The van der Waals surface area contributed by atoms with Crippen LogP contribution in [0.15, 0.2) is 108 Å².